The van der Waals surface area contributed by atoms with E-state index in [-0.39, 0.29) is 12.5 Å². The monoisotopic (exact) mass is 1070 g/mol. The van der Waals surface area contributed by atoms with Crippen LogP contribution in [0.15, 0.2) is 24.3 Å². The van der Waals surface area contributed by atoms with Gasteiger partial charge in [0.2, 0.25) is 5.91 Å². The van der Waals surface area contributed by atoms with Gasteiger partial charge in [-0.2, -0.15) is 0 Å². The molecule has 0 aliphatic heterocycles. The van der Waals surface area contributed by atoms with Crippen LogP contribution in [0.3, 0.4) is 0 Å². The summed E-state index contributed by atoms with van der Waals surface area (Å²) in [5.74, 6) is -0.0539. The number of rotatable bonds is 67. The Labute approximate surface area is 479 Å². The van der Waals surface area contributed by atoms with Gasteiger partial charge in [0.15, 0.2) is 0 Å². The van der Waals surface area contributed by atoms with E-state index in [1.807, 2.05) is 6.08 Å². The molecule has 2 unspecified atom stereocenters. The number of carbonyl (C=O) groups is 1. The number of nitrogens with one attached hydrogen (secondary N) is 1. The van der Waals surface area contributed by atoms with E-state index in [0.29, 0.717) is 6.42 Å². The second-order valence-electron chi connectivity index (χ2n) is 24.7. The van der Waals surface area contributed by atoms with Crippen molar-refractivity contribution in [3.8, 4) is 0 Å². The third-order valence-electron chi connectivity index (χ3n) is 16.9. The highest BCUT2D eigenvalue weighted by Gasteiger charge is 2.18. The molecule has 4 heteroatoms. The largest absolute Gasteiger partial charge is 0.394 e. The van der Waals surface area contributed by atoms with Crippen molar-refractivity contribution < 1.29 is 15.0 Å². The molecule has 3 N–H and O–H groups in total. The summed E-state index contributed by atoms with van der Waals surface area (Å²) in [5.41, 5.74) is 0. The van der Waals surface area contributed by atoms with Crippen molar-refractivity contribution in [2.24, 2.45) is 0 Å². The van der Waals surface area contributed by atoms with Gasteiger partial charge < -0.3 is 15.5 Å². The number of hydrogen-bond donors (Lipinski definition) is 3. The van der Waals surface area contributed by atoms with E-state index < -0.39 is 12.1 Å². The van der Waals surface area contributed by atoms with Crippen LogP contribution in [0.2, 0.25) is 0 Å². The zero-order chi connectivity index (χ0) is 54.8. The van der Waals surface area contributed by atoms with Crippen molar-refractivity contribution >= 4 is 5.91 Å². The number of unbranched alkanes of at least 4 members (excludes halogenated alkanes) is 58. The third kappa shape index (κ3) is 63.7. The zero-order valence-corrected chi connectivity index (χ0v) is 52.3. The molecule has 0 aromatic carbocycles. The molecule has 0 saturated carbocycles. The maximum Gasteiger partial charge on any atom is 0.220 e. The molecule has 452 valence electrons. The molecular weight excluding hydrogens is 927 g/mol. The minimum absolute atomic E-state index is 0.0539. The molecule has 76 heavy (non-hydrogen) atoms. The van der Waals surface area contributed by atoms with Gasteiger partial charge in [0.1, 0.15) is 0 Å². The van der Waals surface area contributed by atoms with E-state index in [4.69, 9.17) is 0 Å². The van der Waals surface area contributed by atoms with Crippen LogP contribution in [-0.2, 0) is 4.79 Å². The predicted molar refractivity (Wildman–Crippen MR) is 341 cm³/mol. The van der Waals surface area contributed by atoms with Gasteiger partial charge in [0.25, 0.3) is 0 Å². The maximum atomic E-state index is 12.5. The van der Waals surface area contributed by atoms with E-state index >= 15 is 0 Å². The molecule has 0 spiro atoms. The third-order valence-corrected chi connectivity index (χ3v) is 16.9. The number of amides is 1. The molecule has 0 saturated heterocycles. The van der Waals surface area contributed by atoms with Crippen molar-refractivity contribution in [1.82, 2.24) is 5.32 Å². The lowest BCUT2D eigenvalue weighted by atomic mass is 10.0. The Kier molecular flexibility index (Phi) is 67.1. The predicted octanol–water partition coefficient (Wildman–Crippen LogP) is 24.2. The van der Waals surface area contributed by atoms with Crippen LogP contribution in [-0.4, -0.2) is 34.9 Å². The SMILES string of the molecule is CCCCCCCCCC/C=C\CCCCCCCCCCCCCCCCCCCCCCCCCCCCCC(=O)NC(CO)C(O)/C=C/CCCCCCCCCCCCCCCCCCCCCCCCC. The molecule has 0 aliphatic carbocycles. The molecule has 0 rings (SSSR count). The smallest absolute Gasteiger partial charge is 0.220 e. The highest BCUT2D eigenvalue weighted by atomic mass is 16.3. The van der Waals surface area contributed by atoms with Crippen LogP contribution < -0.4 is 5.32 Å². The van der Waals surface area contributed by atoms with Gasteiger partial charge in [-0.1, -0.05) is 385 Å². The summed E-state index contributed by atoms with van der Waals surface area (Å²) in [7, 11) is 0. The normalized spacial score (nSPS) is 12.7. The molecule has 0 bridgehead atoms. The van der Waals surface area contributed by atoms with Crippen molar-refractivity contribution in [3.05, 3.63) is 24.3 Å². The second kappa shape index (κ2) is 68.1. The Morgan fingerprint density at radius 2 is 0.500 bits per heavy atom. The van der Waals surface area contributed by atoms with Crippen LogP contribution in [0.5, 0.6) is 0 Å². The number of aliphatic hydroxyl groups is 2. The van der Waals surface area contributed by atoms with Gasteiger partial charge in [-0.05, 0) is 44.9 Å². The Morgan fingerprint density at radius 3 is 0.724 bits per heavy atom. The first-order valence-corrected chi connectivity index (χ1v) is 35.6. The summed E-state index contributed by atoms with van der Waals surface area (Å²) < 4.78 is 0. The fraction of sp³-hybridized carbons (Fsp3) is 0.931. The number of hydrogen-bond acceptors (Lipinski definition) is 3. The molecule has 0 aromatic heterocycles. The molecule has 0 fully saturated rings. The summed E-state index contributed by atoms with van der Waals surface area (Å²) in [6.45, 7) is 4.36. The summed E-state index contributed by atoms with van der Waals surface area (Å²) >= 11 is 0. The molecule has 0 aromatic rings. The van der Waals surface area contributed by atoms with Crippen molar-refractivity contribution in [2.45, 2.75) is 424 Å². The molecule has 0 heterocycles. The summed E-state index contributed by atoms with van der Waals surface area (Å²) in [5, 5.41) is 23.3. The highest BCUT2D eigenvalue weighted by Crippen LogP contribution is 2.19. The van der Waals surface area contributed by atoms with E-state index in [1.54, 1.807) is 6.08 Å². The summed E-state index contributed by atoms with van der Waals surface area (Å²) in [6.07, 6.45) is 92.8. The van der Waals surface area contributed by atoms with E-state index in [9.17, 15) is 15.0 Å². The van der Waals surface area contributed by atoms with Crippen LogP contribution in [0, 0.1) is 0 Å². The highest BCUT2D eigenvalue weighted by molar-refractivity contribution is 5.76. The van der Waals surface area contributed by atoms with Gasteiger partial charge >= 0.3 is 0 Å². The molecular formula is C72H141NO3. The minimum Gasteiger partial charge on any atom is -0.394 e. The van der Waals surface area contributed by atoms with Crippen molar-refractivity contribution in [2.75, 3.05) is 6.61 Å². The topological polar surface area (TPSA) is 69.6 Å². The van der Waals surface area contributed by atoms with Crippen LogP contribution in [0.4, 0.5) is 0 Å². The Hall–Kier alpha value is -1.13. The Bertz CT molecular complexity index is 1120. The lowest BCUT2D eigenvalue weighted by Gasteiger charge is -2.20. The molecule has 0 radical (unpaired) electrons. The first-order chi connectivity index (χ1) is 37.7. The Morgan fingerprint density at radius 1 is 0.303 bits per heavy atom. The lowest BCUT2D eigenvalue weighted by molar-refractivity contribution is -0.123. The van der Waals surface area contributed by atoms with Gasteiger partial charge in [-0.15, -0.1) is 0 Å². The minimum atomic E-state index is -0.838. The van der Waals surface area contributed by atoms with E-state index in [2.05, 4.69) is 31.3 Å². The van der Waals surface area contributed by atoms with Crippen LogP contribution >= 0.6 is 0 Å². The van der Waals surface area contributed by atoms with Gasteiger partial charge in [-0.3, -0.25) is 4.79 Å². The van der Waals surface area contributed by atoms with Gasteiger partial charge in [0.05, 0.1) is 18.8 Å². The molecule has 1 amide bonds. The summed E-state index contributed by atoms with van der Waals surface area (Å²) in [4.78, 5) is 12.5. The average molecular weight is 1070 g/mol. The van der Waals surface area contributed by atoms with Gasteiger partial charge in [-0.25, -0.2) is 0 Å². The van der Waals surface area contributed by atoms with Crippen molar-refractivity contribution in [3.63, 3.8) is 0 Å². The fourth-order valence-corrected chi connectivity index (χ4v) is 11.5. The summed E-state index contributed by atoms with van der Waals surface area (Å²) in [6, 6.07) is -0.621. The fourth-order valence-electron chi connectivity index (χ4n) is 11.5. The quantitative estimate of drug-likeness (QED) is 0.0420. The number of aliphatic hydroxyl groups excluding tert-OH is 2. The first kappa shape index (κ1) is 74.9. The van der Waals surface area contributed by atoms with E-state index in [0.717, 1.165) is 25.7 Å². The first-order valence-electron chi connectivity index (χ1n) is 35.6. The number of allylic oxidation sites excluding steroid dienone is 3. The number of carbonyl (C=O) groups excluding carboxylic acids is 1. The standard InChI is InChI=1S/C72H141NO3/c1-3-5-7-9-11-13-15-17-19-21-23-25-27-29-30-31-32-33-34-35-36-37-38-39-40-41-42-44-46-48-50-52-54-56-58-60-62-64-66-68-72(76)73-70(69-74)71(75)67-65-63-61-59-57-55-53-51-49-47-45-43-28-26-24-22-20-18-16-14-12-10-8-6-4-2/h21,23,65,67,70-71,74-75H,3-20,22,24-64,66,68-69H2,1-2H3,(H,73,76)/b23-21-,67-65+. The lowest BCUT2D eigenvalue weighted by Crippen LogP contribution is -2.45. The maximum absolute atomic E-state index is 12.5. The van der Waals surface area contributed by atoms with Crippen molar-refractivity contribution in [1.29, 1.82) is 0 Å². The van der Waals surface area contributed by atoms with Gasteiger partial charge in [0, 0.05) is 6.42 Å². The van der Waals surface area contributed by atoms with E-state index in [1.165, 1.54) is 366 Å². The average Bonchev–Trinajstić information content (AvgIpc) is 3.42. The van der Waals surface area contributed by atoms with Crippen LogP contribution in [0.1, 0.15) is 412 Å². The Balaban J connectivity index is 3.38. The van der Waals surface area contributed by atoms with Crippen LogP contribution in [0.25, 0.3) is 0 Å². The zero-order valence-electron chi connectivity index (χ0n) is 52.3. The molecule has 0 aliphatic rings. The molecule has 2 atom stereocenters. The molecule has 4 nitrogen and oxygen atoms in total. The second-order valence-corrected chi connectivity index (χ2v) is 24.7.